The zero-order valence-electron chi connectivity index (χ0n) is 10.5. The molecule has 0 saturated carbocycles. The number of nitrogens with two attached hydrogens (primary N) is 1. The van der Waals surface area contributed by atoms with Crippen molar-refractivity contribution in [1.29, 1.82) is 0 Å². The topological polar surface area (TPSA) is 60.2 Å². The summed E-state index contributed by atoms with van der Waals surface area (Å²) in [6.07, 6.45) is 0.875. The molecule has 4 heteroatoms. The summed E-state index contributed by atoms with van der Waals surface area (Å²) in [6, 6.07) is 8.94. The SMILES string of the molecule is CCC(C)CS(=O)(=O)CC(N)c1ccccc1. The maximum absolute atomic E-state index is 11.9. The molecule has 0 fully saturated rings. The van der Waals surface area contributed by atoms with E-state index >= 15 is 0 Å². The van der Waals surface area contributed by atoms with E-state index in [1.54, 1.807) is 0 Å². The van der Waals surface area contributed by atoms with E-state index in [4.69, 9.17) is 5.73 Å². The Morgan fingerprint density at radius 1 is 1.18 bits per heavy atom. The quantitative estimate of drug-likeness (QED) is 0.847. The summed E-state index contributed by atoms with van der Waals surface area (Å²) >= 11 is 0. The highest BCUT2D eigenvalue weighted by Gasteiger charge is 2.19. The van der Waals surface area contributed by atoms with Gasteiger partial charge in [0.2, 0.25) is 0 Å². The van der Waals surface area contributed by atoms with Crippen LogP contribution in [0.15, 0.2) is 30.3 Å². The molecule has 2 N–H and O–H groups in total. The van der Waals surface area contributed by atoms with Gasteiger partial charge >= 0.3 is 0 Å². The standard InChI is InChI=1S/C13H21NO2S/c1-3-11(2)9-17(15,16)10-13(14)12-7-5-4-6-8-12/h4-8,11,13H,3,9-10,14H2,1-2H3. The molecular weight excluding hydrogens is 234 g/mol. The van der Waals surface area contributed by atoms with Crippen molar-refractivity contribution in [2.24, 2.45) is 11.7 Å². The van der Waals surface area contributed by atoms with Gasteiger partial charge in [-0.25, -0.2) is 8.42 Å². The van der Waals surface area contributed by atoms with Gasteiger partial charge in [-0.1, -0.05) is 50.6 Å². The molecular formula is C13H21NO2S. The van der Waals surface area contributed by atoms with Gasteiger partial charge in [0.25, 0.3) is 0 Å². The monoisotopic (exact) mass is 255 g/mol. The van der Waals surface area contributed by atoms with Gasteiger partial charge in [0, 0.05) is 6.04 Å². The highest BCUT2D eigenvalue weighted by Crippen LogP contribution is 2.14. The molecule has 0 heterocycles. The van der Waals surface area contributed by atoms with Crippen LogP contribution < -0.4 is 5.73 Å². The first-order valence-electron chi connectivity index (χ1n) is 5.95. The maximum atomic E-state index is 11.9. The molecule has 2 atom stereocenters. The lowest BCUT2D eigenvalue weighted by Crippen LogP contribution is -2.25. The van der Waals surface area contributed by atoms with Crippen LogP contribution in [-0.4, -0.2) is 19.9 Å². The molecule has 17 heavy (non-hydrogen) atoms. The summed E-state index contributed by atoms with van der Waals surface area (Å²) in [5, 5.41) is 0. The average Bonchev–Trinajstić information content (AvgIpc) is 2.28. The van der Waals surface area contributed by atoms with Crippen LogP contribution in [0.1, 0.15) is 31.9 Å². The van der Waals surface area contributed by atoms with E-state index in [-0.39, 0.29) is 17.4 Å². The van der Waals surface area contributed by atoms with Gasteiger partial charge < -0.3 is 5.73 Å². The second-order valence-corrected chi connectivity index (χ2v) is 6.76. The Labute approximate surface area is 104 Å². The third-order valence-electron chi connectivity index (χ3n) is 2.90. The van der Waals surface area contributed by atoms with Gasteiger partial charge in [-0.15, -0.1) is 0 Å². The second kappa shape index (κ2) is 6.17. The van der Waals surface area contributed by atoms with Crippen LogP contribution in [0, 0.1) is 5.92 Å². The number of rotatable bonds is 6. The minimum atomic E-state index is -3.07. The molecule has 0 aliphatic carbocycles. The zero-order chi connectivity index (χ0) is 12.9. The molecule has 3 nitrogen and oxygen atoms in total. The summed E-state index contributed by atoms with van der Waals surface area (Å²) in [4.78, 5) is 0. The van der Waals surface area contributed by atoms with Gasteiger partial charge in [0.1, 0.15) is 0 Å². The fourth-order valence-electron chi connectivity index (χ4n) is 1.69. The molecule has 1 aromatic carbocycles. The van der Waals surface area contributed by atoms with Crippen molar-refractivity contribution >= 4 is 9.84 Å². The van der Waals surface area contributed by atoms with Crippen LogP contribution in [0.5, 0.6) is 0 Å². The minimum Gasteiger partial charge on any atom is -0.323 e. The highest BCUT2D eigenvalue weighted by atomic mass is 32.2. The molecule has 1 aromatic rings. The van der Waals surface area contributed by atoms with Crippen molar-refractivity contribution in [3.8, 4) is 0 Å². The molecule has 0 bridgehead atoms. The van der Waals surface area contributed by atoms with Gasteiger partial charge in [0.05, 0.1) is 11.5 Å². The van der Waals surface area contributed by atoms with Crippen molar-refractivity contribution in [2.45, 2.75) is 26.3 Å². The normalized spacial score (nSPS) is 15.5. The van der Waals surface area contributed by atoms with Crippen LogP contribution in [0.4, 0.5) is 0 Å². The predicted molar refractivity (Wildman–Crippen MR) is 71.5 cm³/mol. The number of hydrogen-bond donors (Lipinski definition) is 1. The number of sulfone groups is 1. The molecule has 2 unspecified atom stereocenters. The third kappa shape index (κ3) is 4.88. The van der Waals surface area contributed by atoms with E-state index in [0.717, 1.165) is 12.0 Å². The molecule has 0 amide bonds. The molecule has 0 radical (unpaired) electrons. The van der Waals surface area contributed by atoms with Crippen LogP contribution in [-0.2, 0) is 9.84 Å². The van der Waals surface area contributed by atoms with Crippen molar-refractivity contribution in [3.63, 3.8) is 0 Å². The molecule has 96 valence electrons. The van der Waals surface area contributed by atoms with E-state index in [2.05, 4.69) is 0 Å². The number of hydrogen-bond acceptors (Lipinski definition) is 3. The Hall–Kier alpha value is -0.870. The lowest BCUT2D eigenvalue weighted by Gasteiger charge is -2.14. The van der Waals surface area contributed by atoms with Gasteiger partial charge in [0.15, 0.2) is 9.84 Å². The highest BCUT2D eigenvalue weighted by molar-refractivity contribution is 7.91. The predicted octanol–water partition coefficient (Wildman–Crippen LogP) is 2.15. The van der Waals surface area contributed by atoms with Crippen LogP contribution >= 0.6 is 0 Å². The van der Waals surface area contributed by atoms with Crippen LogP contribution in [0.2, 0.25) is 0 Å². The first-order chi connectivity index (χ1) is 7.94. The van der Waals surface area contributed by atoms with E-state index in [1.165, 1.54) is 0 Å². The van der Waals surface area contributed by atoms with Crippen molar-refractivity contribution < 1.29 is 8.42 Å². The van der Waals surface area contributed by atoms with E-state index in [1.807, 2.05) is 44.2 Å². The van der Waals surface area contributed by atoms with Crippen LogP contribution in [0.25, 0.3) is 0 Å². The zero-order valence-corrected chi connectivity index (χ0v) is 11.3. The first-order valence-corrected chi connectivity index (χ1v) is 7.77. The Morgan fingerprint density at radius 2 is 1.76 bits per heavy atom. The minimum absolute atomic E-state index is 0.0291. The van der Waals surface area contributed by atoms with Crippen molar-refractivity contribution in [2.75, 3.05) is 11.5 Å². The fourth-order valence-corrected chi connectivity index (χ4v) is 3.67. The Kier molecular flexibility index (Phi) is 5.15. The maximum Gasteiger partial charge on any atom is 0.152 e. The molecule has 0 aromatic heterocycles. The second-order valence-electron chi connectivity index (χ2n) is 4.61. The molecule has 1 rings (SSSR count). The molecule has 0 spiro atoms. The first kappa shape index (κ1) is 14.2. The summed E-state index contributed by atoms with van der Waals surface area (Å²) in [7, 11) is -3.07. The summed E-state index contributed by atoms with van der Waals surface area (Å²) in [5.41, 5.74) is 6.79. The van der Waals surface area contributed by atoms with Gasteiger partial charge in [-0.05, 0) is 11.5 Å². The van der Waals surface area contributed by atoms with Gasteiger partial charge in [-0.3, -0.25) is 0 Å². The Morgan fingerprint density at radius 3 is 2.29 bits per heavy atom. The smallest absolute Gasteiger partial charge is 0.152 e. The van der Waals surface area contributed by atoms with Crippen molar-refractivity contribution in [1.82, 2.24) is 0 Å². The van der Waals surface area contributed by atoms with Crippen LogP contribution in [0.3, 0.4) is 0 Å². The Bertz CT molecular complexity index is 428. The largest absolute Gasteiger partial charge is 0.323 e. The molecule has 0 aliphatic rings. The lowest BCUT2D eigenvalue weighted by atomic mass is 10.1. The third-order valence-corrected chi connectivity index (χ3v) is 4.84. The lowest BCUT2D eigenvalue weighted by molar-refractivity contribution is 0.559. The Balaban J connectivity index is 2.65. The molecule has 0 saturated heterocycles. The van der Waals surface area contributed by atoms with Crippen molar-refractivity contribution in [3.05, 3.63) is 35.9 Å². The van der Waals surface area contributed by atoms with E-state index < -0.39 is 15.9 Å². The fraction of sp³-hybridized carbons (Fsp3) is 0.538. The summed E-state index contributed by atoms with van der Waals surface area (Å²) in [5.74, 6) is 0.453. The van der Waals surface area contributed by atoms with E-state index in [9.17, 15) is 8.42 Å². The summed E-state index contributed by atoms with van der Waals surface area (Å²) in [6.45, 7) is 3.95. The van der Waals surface area contributed by atoms with Gasteiger partial charge in [-0.2, -0.15) is 0 Å². The summed E-state index contributed by atoms with van der Waals surface area (Å²) < 4.78 is 23.8. The average molecular weight is 255 g/mol. The van der Waals surface area contributed by atoms with E-state index in [0.29, 0.717) is 0 Å². The number of benzene rings is 1. The molecule has 0 aliphatic heterocycles.